The summed E-state index contributed by atoms with van der Waals surface area (Å²) in [6.45, 7) is 6.61. The zero-order valence-electron chi connectivity index (χ0n) is 12.1. The van der Waals surface area contributed by atoms with E-state index in [1.165, 1.54) is 0 Å². The lowest BCUT2D eigenvalue weighted by Crippen LogP contribution is -2.44. The zero-order chi connectivity index (χ0) is 14.8. The molecule has 1 aromatic heterocycles. The van der Waals surface area contributed by atoms with Crippen LogP contribution in [0.1, 0.15) is 19.7 Å². The summed E-state index contributed by atoms with van der Waals surface area (Å²) in [5, 5.41) is 8.30. The van der Waals surface area contributed by atoms with Gasteiger partial charge in [0, 0.05) is 17.6 Å². The van der Waals surface area contributed by atoms with E-state index in [4.69, 9.17) is 9.15 Å². The Morgan fingerprint density at radius 3 is 2.62 bits per heavy atom. The van der Waals surface area contributed by atoms with E-state index in [-0.39, 0.29) is 12.2 Å². The summed E-state index contributed by atoms with van der Waals surface area (Å²) < 4.78 is 12.5. The lowest BCUT2D eigenvalue weighted by Gasteiger charge is -2.34. The number of ether oxygens (including phenoxy) is 1. The fourth-order valence-corrected chi connectivity index (χ4v) is 3.12. The van der Waals surface area contributed by atoms with E-state index < -0.39 is 0 Å². The molecule has 0 radical (unpaired) electrons. The highest BCUT2D eigenvalue weighted by molar-refractivity contribution is 9.10. The molecule has 2 heterocycles. The molecule has 0 saturated carbocycles. The summed E-state index contributed by atoms with van der Waals surface area (Å²) in [4.78, 5) is 2.29. The number of morpholine rings is 1. The Kier molecular flexibility index (Phi) is 4.37. The highest BCUT2D eigenvalue weighted by atomic mass is 79.9. The number of hydrogen-bond acceptors (Lipinski definition) is 5. The molecule has 0 amide bonds. The van der Waals surface area contributed by atoms with Crippen LogP contribution >= 0.6 is 15.9 Å². The van der Waals surface area contributed by atoms with Gasteiger partial charge in [-0.3, -0.25) is 4.90 Å². The van der Waals surface area contributed by atoms with Crippen LogP contribution in [0.2, 0.25) is 0 Å². The van der Waals surface area contributed by atoms with Gasteiger partial charge in [0.15, 0.2) is 0 Å². The fraction of sp³-hybridized carbons (Fsp3) is 0.467. The molecule has 1 fully saturated rings. The van der Waals surface area contributed by atoms with E-state index in [2.05, 4.69) is 44.9 Å². The van der Waals surface area contributed by atoms with Crippen molar-refractivity contribution in [2.45, 2.75) is 32.6 Å². The Morgan fingerprint density at radius 1 is 1.19 bits per heavy atom. The van der Waals surface area contributed by atoms with Crippen LogP contribution in [0.5, 0.6) is 0 Å². The second-order valence-electron chi connectivity index (χ2n) is 5.43. The monoisotopic (exact) mass is 351 g/mol. The van der Waals surface area contributed by atoms with Gasteiger partial charge in [0.25, 0.3) is 0 Å². The van der Waals surface area contributed by atoms with Crippen LogP contribution in [-0.4, -0.2) is 40.4 Å². The molecule has 0 unspecified atom stereocenters. The van der Waals surface area contributed by atoms with E-state index >= 15 is 0 Å². The Balaban J connectivity index is 1.72. The molecule has 2 atom stereocenters. The average molecular weight is 352 g/mol. The normalized spacial score (nSPS) is 23.4. The molecular formula is C15H18BrN3O2. The number of benzene rings is 1. The minimum atomic E-state index is 0.236. The van der Waals surface area contributed by atoms with Gasteiger partial charge >= 0.3 is 0 Å². The molecule has 3 rings (SSSR count). The maximum absolute atomic E-state index is 5.79. The lowest BCUT2D eigenvalue weighted by molar-refractivity contribution is -0.0721. The number of halogens is 1. The first kappa shape index (κ1) is 14.7. The summed E-state index contributed by atoms with van der Waals surface area (Å²) in [6.07, 6.45) is 0.471. The van der Waals surface area contributed by atoms with Crippen molar-refractivity contribution >= 4 is 15.9 Å². The molecule has 21 heavy (non-hydrogen) atoms. The summed E-state index contributed by atoms with van der Waals surface area (Å²) in [5.74, 6) is 1.19. The molecule has 112 valence electrons. The van der Waals surface area contributed by atoms with Crippen molar-refractivity contribution in [1.82, 2.24) is 15.1 Å². The van der Waals surface area contributed by atoms with Crippen LogP contribution in [0.4, 0.5) is 0 Å². The van der Waals surface area contributed by atoms with Gasteiger partial charge in [0.2, 0.25) is 11.8 Å². The molecule has 5 nitrogen and oxygen atoms in total. The van der Waals surface area contributed by atoms with Crippen LogP contribution in [-0.2, 0) is 11.3 Å². The number of hydrogen-bond donors (Lipinski definition) is 0. The Hall–Kier alpha value is -1.24. The summed E-state index contributed by atoms with van der Waals surface area (Å²) >= 11 is 3.50. The van der Waals surface area contributed by atoms with Gasteiger partial charge < -0.3 is 9.15 Å². The van der Waals surface area contributed by atoms with Crippen molar-refractivity contribution < 1.29 is 9.15 Å². The van der Waals surface area contributed by atoms with Gasteiger partial charge in [-0.15, -0.1) is 10.2 Å². The van der Waals surface area contributed by atoms with E-state index in [1.807, 2.05) is 24.3 Å². The molecule has 0 bridgehead atoms. The average Bonchev–Trinajstić information content (AvgIpc) is 2.86. The largest absolute Gasteiger partial charge is 0.419 e. The molecular weight excluding hydrogens is 334 g/mol. The number of aromatic nitrogens is 2. The highest BCUT2D eigenvalue weighted by Gasteiger charge is 2.23. The molecule has 0 aliphatic carbocycles. The molecule has 1 aliphatic rings. The highest BCUT2D eigenvalue weighted by Crippen LogP contribution is 2.27. The van der Waals surface area contributed by atoms with Crippen LogP contribution < -0.4 is 0 Å². The van der Waals surface area contributed by atoms with Crippen molar-refractivity contribution in [3.8, 4) is 11.5 Å². The third-order valence-electron chi connectivity index (χ3n) is 3.43. The smallest absolute Gasteiger partial charge is 0.248 e. The standard InChI is InChI=1S/C15H18BrN3O2/c1-10-7-19(8-11(2)20-10)9-14-17-18-15(21-14)12-5-3-4-6-13(12)16/h3-6,10-11H,7-9H2,1-2H3/t10-,11+. The van der Waals surface area contributed by atoms with Gasteiger partial charge in [-0.2, -0.15) is 0 Å². The third kappa shape index (κ3) is 3.51. The van der Waals surface area contributed by atoms with Gasteiger partial charge in [0.1, 0.15) is 0 Å². The van der Waals surface area contributed by atoms with Crippen molar-refractivity contribution in [3.63, 3.8) is 0 Å². The van der Waals surface area contributed by atoms with Gasteiger partial charge in [0.05, 0.1) is 24.3 Å². The summed E-state index contributed by atoms with van der Waals surface area (Å²) in [7, 11) is 0. The fourth-order valence-electron chi connectivity index (χ4n) is 2.67. The zero-order valence-corrected chi connectivity index (χ0v) is 13.7. The Bertz CT molecular complexity index is 606. The van der Waals surface area contributed by atoms with Gasteiger partial charge in [-0.05, 0) is 41.9 Å². The van der Waals surface area contributed by atoms with E-state index in [0.717, 1.165) is 23.1 Å². The van der Waals surface area contributed by atoms with Gasteiger partial charge in [-0.25, -0.2) is 0 Å². The summed E-state index contributed by atoms with van der Waals surface area (Å²) in [6, 6.07) is 7.83. The SMILES string of the molecule is C[C@@H]1CN(Cc2nnc(-c3ccccc3Br)o2)C[C@H](C)O1. The minimum absolute atomic E-state index is 0.236. The van der Waals surface area contributed by atoms with Crippen molar-refractivity contribution in [2.24, 2.45) is 0 Å². The molecule has 1 saturated heterocycles. The van der Waals surface area contributed by atoms with Gasteiger partial charge in [-0.1, -0.05) is 12.1 Å². The number of rotatable bonds is 3. The van der Waals surface area contributed by atoms with Crippen molar-refractivity contribution in [2.75, 3.05) is 13.1 Å². The Morgan fingerprint density at radius 2 is 1.90 bits per heavy atom. The molecule has 1 aliphatic heterocycles. The first-order valence-corrected chi connectivity index (χ1v) is 7.86. The van der Waals surface area contributed by atoms with Crippen molar-refractivity contribution in [1.29, 1.82) is 0 Å². The molecule has 6 heteroatoms. The number of nitrogens with zero attached hydrogens (tertiary/aromatic N) is 3. The quantitative estimate of drug-likeness (QED) is 0.850. The predicted octanol–water partition coefficient (Wildman–Crippen LogP) is 3.11. The molecule has 0 spiro atoms. The van der Waals surface area contributed by atoms with E-state index in [9.17, 15) is 0 Å². The minimum Gasteiger partial charge on any atom is -0.419 e. The van der Waals surface area contributed by atoms with Crippen LogP contribution in [0, 0.1) is 0 Å². The van der Waals surface area contributed by atoms with E-state index in [1.54, 1.807) is 0 Å². The second kappa shape index (κ2) is 6.25. The summed E-state index contributed by atoms with van der Waals surface area (Å²) in [5.41, 5.74) is 0.917. The van der Waals surface area contributed by atoms with Crippen molar-refractivity contribution in [3.05, 3.63) is 34.6 Å². The molecule has 1 aromatic carbocycles. The maximum atomic E-state index is 5.79. The van der Waals surface area contributed by atoms with Crippen LogP contribution in [0.3, 0.4) is 0 Å². The molecule has 0 N–H and O–H groups in total. The second-order valence-corrected chi connectivity index (χ2v) is 6.29. The first-order chi connectivity index (χ1) is 10.1. The lowest BCUT2D eigenvalue weighted by atomic mass is 10.2. The van der Waals surface area contributed by atoms with E-state index in [0.29, 0.717) is 18.3 Å². The maximum Gasteiger partial charge on any atom is 0.248 e. The first-order valence-electron chi connectivity index (χ1n) is 7.07. The Labute approximate surface area is 132 Å². The van der Waals surface area contributed by atoms with Crippen LogP contribution in [0.15, 0.2) is 33.2 Å². The predicted molar refractivity (Wildman–Crippen MR) is 82.7 cm³/mol. The molecule has 2 aromatic rings. The third-order valence-corrected chi connectivity index (χ3v) is 4.12. The topological polar surface area (TPSA) is 51.4 Å². The van der Waals surface area contributed by atoms with Crippen LogP contribution in [0.25, 0.3) is 11.5 Å².